The summed E-state index contributed by atoms with van der Waals surface area (Å²) in [5, 5.41) is 0. The summed E-state index contributed by atoms with van der Waals surface area (Å²) in [6, 6.07) is 6.18. The Morgan fingerprint density at radius 1 is 1.42 bits per heavy atom. The van der Waals surface area contributed by atoms with Crippen molar-refractivity contribution in [2.24, 2.45) is 0 Å². The van der Waals surface area contributed by atoms with Gasteiger partial charge in [-0.3, -0.25) is 0 Å². The third kappa shape index (κ3) is 3.13. The lowest BCUT2D eigenvalue weighted by atomic mass is 10.2. The van der Waals surface area contributed by atoms with E-state index >= 15 is 0 Å². The van der Waals surface area contributed by atoms with E-state index < -0.39 is 5.97 Å². The van der Waals surface area contributed by atoms with Crippen LogP contribution in [0.1, 0.15) is 16.6 Å². The summed E-state index contributed by atoms with van der Waals surface area (Å²) in [6.07, 6.45) is 0. The second-order valence-electron chi connectivity index (χ2n) is 3.77. The van der Waals surface area contributed by atoms with Gasteiger partial charge < -0.3 is 10.5 Å². The van der Waals surface area contributed by atoms with Gasteiger partial charge in [-0.05, 0) is 36.8 Å². The van der Waals surface area contributed by atoms with Crippen molar-refractivity contribution in [3.05, 3.63) is 39.4 Å². The molecule has 0 saturated heterocycles. The minimum absolute atomic E-state index is 0.289. The summed E-state index contributed by atoms with van der Waals surface area (Å²) in [5.74, 6) is -0.805. The number of halogens is 2. The van der Waals surface area contributed by atoms with Crippen molar-refractivity contribution in [1.29, 1.82) is 0 Å². The number of carbonyl (C=O) groups excluding carboxylic acids is 1. The van der Waals surface area contributed by atoms with Gasteiger partial charge in [0.1, 0.15) is 10.7 Å². The standard InChI is InChI=1S/C13H11BrFNO2S/c1-2-18-13(17)12-10(16)6-11(19-12)7-3-8(14)5-9(15)4-7/h3-6H,2,16H2,1H3. The lowest BCUT2D eigenvalue weighted by Gasteiger charge is -2.00. The molecule has 1 heterocycles. The monoisotopic (exact) mass is 343 g/mol. The molecule has 100 valence electrons. The minimum Gasteiger partial charge on any atom is -0.462 e. The molecule has 0 aliphatic rings. The molecule has 0 radical (unpaired) electrons. The highest BCUT2D eigenvalue weighted by molar-refractivity contribution is 9.10. The minimum atomic E-state index is -0.452. The lowest BCUT2D eigenvalue weighted by molar-refractivity contribution is 0.0533. The zero-order valence-corrected chi connectivity index (χ0v) is 12.5. The molecular weight excluding hydrogens is 333 g/mol. The van der Waals surface area contributed by atoms with E-state index in [1.54, 1.807) is 19.1 Å². The Hall–Kier alpha value is -1.40. The first-order valence-electron chi connectivity index (χ1n) is 5.54. The van der Waals surface area contributed by atoms with Crippen LogP contribution in [-0.4, -0.2) is 12.6 Å². The van der Waals surface area contributed by atoms with Crippen LogP contribution in [-0.2, 0) is 4.74 Å². The summed E-state index contributed by atoms with van der Waals surface area (Å²) < 4.78 is 18.9. The molecule has 19 heavy (non-hydrogen) atoms. The van der Waals surface area contributed by atoms with Crippen LogP contribution in [0.4, 0.5) is 10.1 Å². The first kappa shape index (κ1) is 14.0. The molecule has 0 amide bonds. The fourth-order valence-corrected chi connectivity index (χ4v) is 3.03. The number of esters is 1. The van der Waals surface area contributed by atoms with Gasteiger partial charge in [-0.1, -0.05) is 15.9 Å². The van der Waals surface area contributed by atoms with E-state index in [4.69, 9.17) is 10.5 Å². The second kappa shape index (κ2) is 5.71. The molecular formula is C13H11BrFNO2S. The zero-order chi connectivity index (χ0) is 14.0. The van der Waals surface area contributed by atoms with E-state index in [2.05, 4.69) is 15.9 Å². The van der Waals surface area contributed by atoms with Gasteiger partial charge in [0.25, 0.3) is 0 Å². The van der Waals surface area contributed by atoms with Crippen LogP contribution in [0.5, 0.6) is 0 Å². The molecule has 0 aliphatic heterocycles. The maximum absolute atomic E-state index is 13.4. The van der Waals surface area contributed by atoms with Gasteiger partial charge >= 0.3 is 5.97 Å². The van der Waals surface area contributed by atoms with Gasteiger partial charge in [0, 0.05) is 9.35 Å². The molecule has 1 aromatic carbocycles. The Morgan fingerprint density at radius 2 is 2.16 bits per heavy atom. The summed E-state index contributed by atoms with van der Waals surface area (Å²) >= 11 is 4.42. The molecule has 0 unspecified atom stereocenters. The van der Waals surface area contributed by atoms with Crippen LogP contribution >= 0.6 is 27.3 Å². The molecule has 0 aliphatic carbocycles. The highest BCUT2D eigenvalue weighted by Crippen LogP contribution is 2.35. The van der Waals surface area contributed by atoms with Crippen molar-refractivity contribution in [2.45, 2.75) is 6.92 Å². The van der Waals surface area contributed by atoms with Crippen molar-refractivity contribution in [3.63, 3.8) is 0 Å². The largest absolute Gasteiger partial charge is 0.462 e. The van der Waals surface area contributed by atoms with E-state index in [-0.39, 0.29) is 12.4 Å². The molecule has 0 saturated carbocycles. The number of ether oxygens (including phenoxy) is 1. The van der Waals surface area contributed by atoms with Gasteiger partial charge in [-0.15, -0.1) is 11.3 Å². The van der Waals surface area contributed by atoms with E-state index in [0.717, 1.165) is 4.88 Å². The molecule has 0 bridgehead atoms. The van der Waals surface area contributed by atoms with Gasteiger partial charge in [0.2, 0.25) is 0 Å². The Morgan fingerprint density at radius 3 is 2.79 bits per heavy atom. The number of thiophene rings is 1. The molecule has 0 spiro atoms. The SMILES string of the molecule is CCOC(=O)c1sc(-c2cc(F)cc(Br)c2)cc1N. The van der Waals surface area contributed by atoms with E-state index in [9.17, 15) is 9.18 Å². The molecule has 0 fully saturated rings. The summed E-state index contributed by atoms with van der Waals surface area (Å²) in [7, 11) is 0. The predicted molar refractivity (Wildman–Crippen MR) is 77.8 cm³/mol. The fraction of sp³-hybridized carbons (Fsp3) is 0.154. The number of anilines is 1. The van der Waals surface area contributed by atoms with Crippen LogP contribution in [0.15, 0.2) is 28.7 Å². The van der Waals surface area contributed by atoms with Gasteiger partial charge in [-0.2, -0.15) is 0 Å². The lowest BCUT2D eigenvalue weighted by Crippen LogP contribution is -2.04. The fourth-order valence-electron chi connectivity index (χ4n) is 1.60. The van der Waals surface area contributed by atoms with Gasteiger partial charge in [0.05, 0.1) is 12.3 Å². The van der Waals surface area contributed by atoms with Crippen molar-refractivity contribution in [1.82, 2.24) is 0 Å². The molecule has 2 rings (SSSR count). The Balaban J connectivity index is 2.41. The topological polar surface area (TPSA) is 52.3 Å². The average Bonchev–Trinajstić information content (AvgIpc) is 2.70. The zero-order valence-electron chi connectivity index (χ0n) is 10.1. The van der Waals surface area contributed by atoms with Gasteiger partial charge in [-0.25, -0.2) is 9.18 Å². The third-order valence-corrected chi connectivity index (χ3v) is 4.01. The van der Waals surface area contributed by atoms with Crippen molar-refractivity contribution in [2.75, 3.05) is 12.3 Å². The van der Waals surface area contributed by atoms with Crippen molar-refractivity contribution in [3.8, 4) is 10.4 Å². The van der Waals surface area contributed by atoms with Crippen LogP contribution in [0.25, 0.3) is 10.4 Å². The van der Waals surface area contributed by atoms with Crippen LogP contribution in [0, 0.1) is 5.82 Å². The molecule has 3 nitrogen and oxygen atoms in total. The number of nitrogen functional groups attached to an aromatic ring is 1. The average molecular weight is 344 g/mol. The number of nitrogens with two attached hydrogens (primary N) is 1. The summed E-state index contributed by atoms with van der Waals surface area (Å²) in [6.45, 7) is 2.02. The number of hydrogen-bond donors (Lipinski definition) is 1. The van der Waals surface area contributed by atoms with Crippen molar-refractivity contribution < 1.29 is 13.9 Å². The number of rotatable bonds is 3. The number of hydrogen-bond acceptors (Lipinski definition) is 4. The highest BCUT2D eigenvalue weighted by Gasteiger charge is 2.16. The normalized spacial score (nSPS) is 10.5. The number of carbonyl (C=O) groups is 1. The van der Waals surface area contributed by atoms with Crippen LogP contribution < -0.4 is 5.73 Å². The predicted octanol–water partition coefficient (Wildman–Crippen LogP) is 4.08. The molecule has 2 N–H and O–H groups in total. The Labute approximate surface area is 122 Å². The van der Waals surface area contributed by atoms with E-state index in [1.165, 1.54) is 23.5 Å². The van der Waals surface area contributed by atoms with E-state index in [0.29, 0.717) is 20.6 Å². The quantitative estimate of drug-likeness (QED) is 0.854. The third-order valence-electron chi connectivity index (χ3n) is 2.37. The smallest absolute Gasteiger partial charge is 0.350 e. The van der Waals surface area contributed by atoms with Gasteiger partial charge in [0.15, 0.2) is 0 Å². The summed E-state index contributed by atoms with van der Waals surface area (Å²) in [5.41, 5.74) is 6.80. The van der Waals surface area contributed by atoms with E-state index in [1.807, 2.05) is 0 Å². The Kier molecular flexibility index (Phi) is 4.21. The second-order valence-corrected chi connectivity index (χ2v) is 5.74. The van der Waals surface area contributed by atoms with Crippen molar-refractivity contribution >= 4 is 38.9 Å². The molecule has 0 atom stereocenters. The molecule has 1 aromatic heterocycles. The highest BCUT2D eigenvalue weighted by atomic mass is 79.9. The maximum Gasteiger partial charge on any atom is 0.350 e. The van der Waals surface area contributed by atoms with Crippen LogP contribution in [0.3, 0.4) is 0 Å². The number of benzene rings is 1. The molecule has 6 heteroatoms. The maximum atomic E-state index is 13.4. The first-order valence-corrected chi connectivity index (χ1v) is 7.15. The Bertz CT molecular complexity index is 607. The van der Waals surface area contributed by atoms with Crippen LogP contribution in [0.2, 0.25) is 0 Å². The summed E-state index contributed by atoms with van der Waals surface area (Å²) in [4.78, 5) is 12.7. The first-order chi connectivity index (χ1) is 9.01. The molecule has 2 aromatic rings.